The van der Waals surface area contributed by atoms with Crippen LogP contribution in [0.15, 0.2) is 176 Å². The molecule has 3 heteroatoms. The minimum absolute atomic E-state index is 0.0531. The fourth-order valence-corrected chi connectivity index (χ4v) is 8.91. The molecule has 0 N–H and O–H groups in total. The zero-order valence-corrected chi connectivity index (χ0v) is 30.1. The quantitative estimate of drug-likeness (QED) is 0.184. The molecule has 11 rings (SSSR count). The van der Waals surface area contributed by atoms with Crippen LogP contribution in [-0.4, -0.2) is 14.5 Å². The van der Waals surface area contributed by atoms with E-state index in [0.29, 0.717) is 5.82 Å². The maximum Gasteiger partial charge on any atom is 0.160 e. The third kappa shape index (κ3) is 4.55. The Morgan fingerprint density at radius 2 is 1.07 bits per heavy atom. The van der Waals surface area contributed by atoms with Crippen molar-refractivity contribution in [2.45, 2.75) is 19.3 Å². The third-order valence-electron chi connectivity index (χ3n) is 11.6. The largest absolute Gasteiger partial charge is 0.309 e. The predicted molar refractivity (Wildman–Crippen MR) is 225 cm³/mol. The van der Waals surface area contributed by atoms with Crippen molar-refractivity contribution in [2.24, 2.45) is 0 Å². The van der Waals surface area contributed by atoms with Crippen LogP contribution in [0.3, 0.4) is 0 Å². The highest BCUT2D eigenvalue weighted by atomic mass is 15.0. The van der Waals surface area contributed by atoms with E-state index in [1.807, 2.05) is 6.07 Å². The van der Waals surface area contributed by atoms with E-state index in [4.69, 9.17) is 9.97 Å². The van der Waals surface area contributed by atoms with Crippen LogP contribution in [0.1, 0.15) is 25.0 Å². The molecule has 2 heterocycles. The molecule has 54 heavy (non-hydrogen) atoms. The number of para-hydroxylation sites is 2. The van der Waals surface area contributed by atoms with Crippen LogP contribution in [0.2, 0.25) is 0 Å². The van der Waals surface area contributed by atoms with Crippen molar-refractivity contribution in [1.29, 1.82) is 0 Å². The summed E-state index contributed by atoms with van der Waals surface area (Å²) in [6.45, 7) is 4.70. The van der Waals surface area contributed by atoms with Crippen molar-refractivity contribution in [3.8, 4) is 50.6 Å². The van der Waals surface area contributed by atoms with Gasteiger partial charge in [0.2, 0.25) is 0 Å². The van der Waals surface area contributed by atoms with Gasteiger partial charge in [-0.15, -0.1) is 0 Å². The highest BCUT2D eigenvalue weighted by Crippen LogP contribution is 2.51. The van der Waals surface area contributed by atoms with Crippen LogP contribution in [0.5, 0.6) is 0 Å². The van der Waals surface area contributed by atoms with Gasteiger partial charge >= 0.3 is 0 Å². The van der Waals surface area contributed by atoms with Gasteiger partial charge in [0.25, 0.3) is 0 Å². The average molecular weight is 690 g/mol. The SMILES string of the molecule is CC1(C)c2ccccc2-c2cc3c(cc21)c1ccccc1n3-c1ccc(-c2nc(-c3ccc(-c4cccc5ccccc45)cc3)c3ccccc3n2)cc1. The highest BCUT2D eigenvalue weighted by molar-refractivity contribution is 6.11. The van der Waals surface area contributed by atoms with Crippen LogP contribution in [-0.2, 0) is 5.41 Å². The first-order chi connectivity index (χ1) is 26.5. The summed E-state index contributed by atoms with van der Waals surface area (Å²) < 4.78 is 2.41. The van der Waals surface area contributed by atoms with Gasteiger partial charge in [0, 0.05) is 38.4 Å². The van der Waals surface area contributed by atoms with E-state index in [2.05, 4.69) is 188 Å². The fourth-order valence-electron chi connectivity index (χ4n) is 8.91. The van der Waals surface area contributed by atoms with Crippen LogP contribution in [0, 0.1) is 0 Å². The summed E-state index contributed by atoms with van der Waals surface area (Å²) in [5, 5.41) is 6.08. The number of fused-ring (bicyclic) bond motifs is 8. The summed E-state index contributed by atoms with van der Waals surface area (Å²) in [6.07, 6.45) is 0. The number of nitrogens with zero attached hydrogens (tertiary/aromatic N) is 3. The first-order valence-electron chi connectivity index (χ1n) is 18.7. The van der Waals surface area contributed by atoms with Gasteiger partial charge < -0.3 is 4.57 Å². The Morgan fingerprint density at radius 1 is 0.426 bits per heavy atom. The molecule has 10 aromatic rings. The molecular weight excluding hydrogens is 655 g/mol. The smallest absolute Gasteiger partial charge is 0.160 e. The van der Waals surface area contributed by atoms with Crippen LogP contribution < -0.4 is 0 Å². The van der Waals surface area contributed by atoms with Gasteiger partial charge in [0.15, 0.2) is 5.82 Å². The third-order valence-corrected chi connectivity index (χ3v) is 11.6. The topological polar surface area (TPSA) is 30.7 Å². The molecule has 0 aliphatic heterocycles. The standard InChI is InChI=1S/C51H35N3/c1-51(2)44-19-8-5-15-39(44)42-31-48-43(30-45(42)51)40-16-7-10-21-47(40)54(48)36-28-26-35(27-29-36)50-52-46-20-9-6-17-41(46)49(53-50)34-24-22-33(23-25-34)38-18-11-13-32-12-3-4-14-37(32)38/h3-31H,1-2H3. The molecule has 0 radical (unpaired) electrons. The lowest BCUT2D eigenvalue weighted by Crippen LogP contribution is -2.14. The average Bonchev–Trinajstić information content (AvgIpc) is 3.67. The maximum atomic E-state index is 5.24. The van der Waals surface area contributed by atoms with E-state index in [9.17, 15) is 0 Å². The van der Waals surface area contributed by atoms with Gasteiger partial charge in [-0.05, 0) is 92.7 Å². The fraction of sp³-hybridized carbons (Fsp3) is 0.0588. The van der Waals surface area contributed by atoms with Crippen LogP contribution in [0.4, 0.5) is 0 Å². The molecule has 0 saturated heterocycles. The van der Waals surface area contributed by atoms with Gasteiger partial charge in [0.1, 0.15) is 0 Å². The second-order valence-electron chi connectivity index (χ2n) is 15.0. The molecule has 0 bridgehead atoms. The second-order valence-corrected chi connectivity index (χ2v) is 15.0. The van der Waals surface area contributed by atoms with E-state index < -0.39 is 0 Å². The predicted octanol–water partition coefficient (Wildman–Crippen LogP) is 13.2. The molecule has 0 spiro atoms. The van der Waals surface area contributed by atoms with E-state index in [0.717, 1.165) is 33.4 Å². The molecular formula is C51H35N3. The molecule has 0 fully saturated rings. The second kappa shape index (κ2) is 11.6. The molecule has 0 amide bonds. The first-order valence-corrected chi connectivity index (χ1v) is 18.7. The highest BCUT2D eigenvalue weighted by Gasteiger charge is 2.36. The Bertz CT molecular complexity index is 3110. The van der Waals surface area contributed by atoms with Crippen LogP contribution >= 0.6 is 0 Å². The summed E-state index contributed by atoms with van der Waals surface area (Å²) in [7, 11) is 0. The maximum absolute atomic E-state index is 5.24. The molecule has 1 aliphatic carbocycles. The summed E-state index contributed by atoms with van der Waals surface area (Å²) in [5.74, 6) is 0.715. The molecule has 3 nitrogen and oxygen atoms in total. The van der Waals surface area contributed by atoms with Gasteiger partial charge in [-0.25, -0.2) is 9.97 Å². The molecule has 1 aliphatic rings. The van der Waals surface area contributed by atoms with Gasteiger partial charge in [0.05, 0.1) is 22.2 Å². The Morgan fingerprint density at radius 3 is 1.93 bits per heavy atom. The van der Waals surface area contributed by atoms with Gasteiger partial charge in [-0.2, -0.15) is 0 Å². The lowest BCUT2D eigenvalue weighted by atomic mass is 9.82. The summed E-state index contributed by atoms with van der Waals surface area (Å²) in [6, 6.07) is 63.4. The Balaban J connectivity index is 1.01. The lowest BCUT2D eigenvalue weighted by molar-refractivity contribution is 0.661. The zero-order chi connectivity index (χ0) is 36.0. The van der Waals surface area contributed by atoms with Crippen molar-refractivity contribution < 1.29 is 0 Å². The first kappa shape index (κ1) is 30.8. The van der Waals surface area contributed by atoms with Gasteiger partial charge in [-0.3, -0.25) is 0 Å². The van der Waals surface area contributed by atoms with E-state index in [1.54, 1.807) is 0 Å². The minimum Gasteiger partial charge on any atom is -0.309 e. The summed E-state index contributed by atoms with van der Waals surface area (Å²) in [5.41, 5.74) is 15.2. The molecule has 2 aromatic heterocycles. The number of rotatable bonds is 4. The number of benzene rings is 8. The van der Waals surface area contributed by atoms with E-state index in [1.165, 1.54) is 66.0 Å². The zero-order valence-electron chi connectivity index (χ0n) is 30.1. The minimum atomic E-state index is -0.0531. The van der Waals surface area contributed by atoms with Crippen LogP contribution in [0.25, 0.3) is 94.1 Å². The Hall–Kier alpha value is -6.84. The molecule has 0 saturated carbocycles. The number of aromatic nitrogens is 3. The van der Waals surface area contributed by atoms with E-state index in [-0.39, 0.29) is 5.41 Å². The van der Waals surface area contributed by atoms with Crippen molar-refractivity contribution in [2.75, 3.05) is 0 Å². The molecule has 8 aromatic carbocycles. The number of hydrogen-bond acceptors (Lipinski definition) is 2. The number of hydrogen-bond donors (Lipinski definition) is 0. The summed E-state index contributed by atoms with van der Waals surface area (Å²) >= 11 is 0. The Labute approximate surface area is 313 Å². The molecule has 0 atom stereocenters. The van der Waals surface area contributed by atoms with Crippen molar-refractivity contribution in [1.82, 2.24) is 14.5 Å². The van der Waals surface area contributed by atoms with Gasteiger partial charge in [-0.1, -0.05) is 141 Å². The normalized spacial score (nSPS) is 13.1. The monoisotopic (exact) mass is 689 g/mol. The van der Waals surface area contributed by atoms with E-state index >= 15 is 0 Å². The molecule has 254 valence electrons. The van der Waals surface area contributed by atoms with Crippen molar-refractivity contribution in [3.05, 3.63) is 187 Å². The van der Waals surface area contributed by atoms with Crippen molar-refractivity contribution >= 4 is 43.5 Å². The summed E-state index contributed by atoms with van der Waals surface area (Å²) in [4.78, 5) is 10.3. The Kier molecular flexibility index (Phi) is 6.60. The lowest BCUT2D eigenvalue weighted by Gasteiger charge is -2.21. The molecule has 0 unspecified atom stereocenters. The van der Waals surface area contributed by atoms with Crippen molar-refractivity contribution in [3.63, 3.8) is 0 Å².